The molecule has 0 aliphatic carbocycles. The lowest BCUT2D eigenvalue weighted by molar-refractivity contribution is -0.307. The molecule has 0 aromatic heterocycles. The molecule has 0 aliphatic heterocycles. The molecule has 52 valence electrons. The van der Waals surface area contributed by atoms with E-state index in [1.807, 2.05) is 0 Å². The molecule has 0 rings (SSSR count). The third-order valence-electron chi connectivity index (χ3n) is 0.903. The number of hydrogen-bond donors (Lipinski definition) is 2. The first-order valence-corrected chi connectivity index (χ1v) is 2.67. The van der Waals surface area contributed by atoms with Crippen LogP contribution >= 0.6 is 0 Å². The molecule has 0 aromatic carbocycles. The second kappa shape index (κ2) is 3.19. The molecular weight excluding hydrogens is 120 g/mol. The zero-order valence-corrected chi connectivity index (χ0v) is 5.60. The number of nitrogens with one attached hydrogen (secondary N) is 1. The molecule has 4 heteroatoms. The fraction of sp³-hybridized carbons (Fsp3) is 0.600. The minimum atomic E-state index is -0.456. The Morgan fingerprint density at radius 1 is 1.56 bits per heavy atom. The molecule has 0 aromatic rings. The summed E-state index contributed by atoms with van der Waals surface area (Å²) in [5.41, 5.74) is 3.14. The minimum Gasteiger partial charge on any atom is -0.341 e. The Bertz CT molecular complexity index is 133. The van der Waals surface area contributed by atoms with E-state index in [9.17, 15) is 9.59 Å². The second-order valence-corrected chi connectivity index (χ2v) is 1.89. The van der Waals surface area contributed by atoms with Crippen LogP contribution in [-0.4, -0.2) is 17.9 Å². The molecule has 1 unspecified atom stereocenters. The lowest BCUT2D eigenvalue weighted by atomic mass is 10.3. The predicted octanol–water partition coefficient (Wildman–Crippen LogP) is -1.72. The zero-order valence-electron chi connectivity index (χ0n) is 5.60. The first-order chi connectivity index (χ1) is 4.04. The highest BCUT2D eigenvalue weighted by Gasteiger charge is 2.11. The summed E-state index contributed by atoms with van der Waals surface area (Å²) in [4.78, 5) is 20.6. The number of carbonyl (C=O) groups excluding carboxylic acids is 2. The van der Waals surface area contributed by atoms with Crippen LogP contribution in [-0.2, 0) is 9.59 Å². The van der Waals surface area contributed by atoms with E-state index in [4.69, 9.17) is 0 Å². The maximum atomic E-state index is 10.4. The molecule has 0 heterocycles. The van der Waals surface area contributed by atoms with Gasteiger partial charge in [0.1, 0.15) is 6.04 Å². The summed E-state index contributed by atoms with van der Waals surface area (Å²) in [6.45, 7) is 2.95. The molecule has 4 nitrogen and oxygen atoms in total. The predicted molar refractivity (Wildman–Crippen MR) is 31.2 cm³/mol. The molecule has 9 heavy (non-hydrogen) atoms. The van der Waals surface area contributed by atoms with Gasteiger partial charge in [0, 0.05) is 6.92 Å². The van der Waals surface area contributed by atoms with Crippen molar-refractivity contribution in [1.29, 1.82) is 0 Å². The molecular formula is C5H11N2O2+. The van der Waals surface area contributed by atoms with E-state index in [-0.39, 0.29) is 11.8 Å². The van der Waals surface area contributed by atoms with Crippen molar-refractivity contribution in [2.75, 3.05) is 0 Å². The van der Waals surface area contributed by atoms with E-state index in [0.29, 0.717) is 0 Å². The van der Waals surface area contributed by atoms with E-state index in [0.717, 1.165) is 0 Å². The summed E-state index contributed by atoms with van der Waals surface area (Å²) in [6, 6.07) is -0.456. The Labute approximate surface area is 53.4 Å². The topological polar surface area (TPSA) is 73.8 Å². The maximum Gasteiger partial charge on any atom is 0.330 e. The van der Waals surface area contributed by atoms with Gasteiger partial charge in [-0.25, -0.2) is 4.79 Å². The molecule has 0 bridgehead atoms. The molecule has 2 amide bonds. The lowest BCUT2D eigenvalue weighted by Crippen LogP contribution is -2.65. The average Bonchev–Trinajstić information content (AvgIpc) is 1.63. The quantitative estimate of drug-likeness (QED) is 0.468. The summed E-state index contributed by atoms with van der Waals surface area (Å²) in [7, 11) is 0. The van der Waals surface area contributed by atoms with Crippen LogP contribution in [0.2, 0.25) is 0 Å². The zero-order chi connectivity index (χ0) is 7.44. The van der Waals surface area contributed by atoms with Crippen LogP contribution in [0.5, 0.6) is 0 Å². The van der Waals surface area contributed by atoms with Gasteiger partial charge in [-0.05, 0) is 6.92 Å². The summed E-state index contributed by atoms with van der Waals surface area (Å²) >= 11 is 0. The Hall–Kier alpha value is -0.900. The van der Waals surface area contributed by atoms with Crippen LogP contribution in [0.4, 0.5) is 0 Å². The SMILES string of the molecule is CC(=O)NC(C)C([NH3+])=O. The van der Waals surface area contributed by atoms with Gasteiger partial charge in [-0.2, -0.15) is 0 Å². The Morgan fingerprint density at radius 2 is 2.00 bits per heavy atom. The van der Waals surface area contributed by atoms with Crippen molar-refractivity contribution in [2.45, 2.75) is 19.9 Å². The smallest absolute Gasteiger partial charge is 0.330 e. The fourth-order valence-electron chi connectivity index (χ4n) is 0.385. The van der Waals surface area contributed by atoms with Gasteiger partial charge in [0.25, 0.3) is 0 Å². The first kappa shape index (κ1) is 8.10. The van der Waals surface area contributed by atoms with Gasteiger partial charge in [0.2, 0.25) is 5.91 Å². The van der Waals surface area contributed by atoms with Gasteiger partial charge >= 0.3 is 5.91 Å². The van der Waals surface area contributed by atoms with Gasteiger partial charge in [-0.15, -0.1) is 0 Å². The van der Waals surface area contributed by atoms with E-state index in [1.54, 1.807) is 6.92 Å². The number of amides is 2. The minimum absolute atomic E-state index is 0.209. The fourth-order valence-corrected chi connectivity index (χ4v) is 0.385. The van der Waals surface area contributed by atoms with Gasteiger partial charge in [0.15, 0.2) is 0 Å². The molecule has 0 fully saturated rings. The monoisotopic (exact) mass is 131 g/mol. The highest BCUT2D eigenvalue weighted by atomic mass is 16.2. The Balaban J connectivity index is 3.63. The number of rotatable bonds is 2. The molecule has 0 aliphatic rings. The number of quaternary nitrogens is 1. The molecule has 0 radical (unpaired) electrons. The Kier molecular flexibility index (Phi) is 2.87. The standard InChI is InChI=1S/C5H10N2O2/c1-3(5(6)9)7-4(2)8/h3H,1-2H3,(H2,6,9)(H,7,8)/p+1. The van der Waals surface area contributed by atoms with E-state index >= 15 is 0 Å². The molecule has 0 spiro atoms. The van der Waals surface area contributed by atoms with Crippen molar-refractivity contribution in [3.63, 3.8) is 0 Å². The molecule has 0 saturated carbocycles. The summed E-state index contributed by atoms with van der Waals surface area (Å²) in [6.07, 6.45) is 0. The first-order valence-electron chi connectivity index (χ1n) is 2.67. The van der Waals surface area contributed by atoms with Crippen LogP contribution in [0.25, 0.3) is 0 Å². The molecule has 4 N–H and O–H groups in total. The van der Waals surface area contributed by atoms with Crippen molar-refractivity contribution in [1.82, 2.24) is 5.32 Å². The normalized spacial score (nSPS) is 12.3. The van der Waals surface area contributed by atoms with E-state index in [1.165, 1.54) is 6.92 Å². The van der Waals surface area contributed by atoms with Crippen LogP contribution in [0.15, 0.2) is 0 Å². The third kappa shape index (κ3) is 3.66. The molecule has 1 atom stereocenters. The van der Waals surface area contributed by atoms with Crippen LogP contribution < -0.4 is 11.1 Å². The highest BCUT2D eigenvalue weighted by molar-refractivity contribution is 5.80. The van der Waals surface area contributed by atoms with Crippen LogP contribution in [0, 0.1) is 0 Å². The van der Waals surface area contributed by atoms with Crippen LogP contribution in [0.3, 0.4) is 0 Å². The highest BCUT2D eigenvalue weighted by Crippen LogP contribution is 1.74. The second-order valence-electron chi connectivity index (χ2n) is 1.89. The summed E-state index contributed by atoms with van der Waals surface area (Å²) in [5, 5.41) is 2.39. The van der Waals surface area contributed by atoms with E-state index in [2.05, 4.69) is 11.1 Å². The van der Waals surface area contributed by atoms with Crippen molar-refractivity contribution in [3.05, 3.63) is 0 Å². The lowest BCUT2D eigenvalue weighted by Gasteiger charge is -2.02. The maximum absolute atomic E-state index is 10.4. The summed E-state index contributed by atoms with van der Waals surface area (Å²) in [5.74, 6) is -0.482. The van der Waals surface area contributed by atoms with Crippen molar-refractivity contribution in [3.8, 4) is 0 Å². The average molecular weight is 131 g/mol. The Morgan fingerprint density at radius 3 is 2.11 bits per heavy atom. The van der Waals surface area contributed by atoms with Crippen molar-refractivity contribution in [2.24, 2.45) is 0 Å². The summed E-state index contributed by atoms with van der Waals surface area (Å²) < 4.78 is 0. The third-order valence-corrected chi connectivity index (χ3v) is 0.903. The number of hydrogen-bond acceptors (Lipinski definition) is 2. The van der Waals surface area contributed by atoms with Gasteiger partial charge in [-0.1, -0.05) is 0 Å². The van der Waals surface area contributed by atoms with Gasteiger partial charge in [-0.3, -0.25) is 10.5 Å². The largest absolute Gasteiger partial charge is 0.341 e. The van der Waals surface area contributed by atoms with Gasteiger partial charge < -0.3 is 5.32 Å². The number of carbonyl (C=O) groups is 2. The van der Waals surface area contributed by atoms with Crippen LogP contribution in [0.1, 0.15) is 13.8 Å². The molecule has 0 saturated heterocycles. The van der Waals surface area contributed by atoms with E-state index < -0.39 is 6.04 Å². The van der Waals surface area contributed by atoms with Gasteiger partial charge in [0.05, 0.1) is 0 Å². The van der Waals surface area contributed by atoms with Crippen molar-refractivity contribution >= 4 is 11.8 Å². The van der Waals surface area contributed by atoms with Crippen molar-refractivity contribution < 1.29 is 15.3 Å².